The number of aryl methyl sites for hydroxylation is 2. The number of hydrogen-bond acceptors (Lipinski definition) is 3. The number of nitrogens with zero attached hydrogens (tertiary/aromatic N) is 3. The van der Waals surface area contributed by atoms with Crippen molar-refractivity contribution in [1.29, 1.82) is 0 Å². The van der Waals surface area contributed by atoms with Crippen molar-refractivity contribution in [2.45, 2.75) is 20.8 Å². The molecule has 2 rings (SSSR count). The first-order valence-corrected chi connectivity index (χ1v) is 7.21. The van der Waals surface area contributed by atoms with Crippen LogP contribution in [0.1, 0.15) is 29.9 Å². The Kier molecular flexibility index (Phi) is 4.62. The molecular weight excluding hydrogens is 264 g/mol. The Hall–Kier alpha value is -2.30. The molecule has 0 aliphatic carbocycles. The fraction of sp³-hybridized carbons (Fsp3) is 0.375. The third-order valence-electron chi connectivity index (χ3n) is 3.64. The first-order valence-electron chi connectivity index (χ1n) is 7.21. The van der Waals surface area contributed by atoms with Gasteiger partial charge in [-0.15, -0.1) is 0 Å². The van der Waals surface area contributed by atoms with Crippen molar-refractivity contribution in [2.75, 3.05) is 23.3 Å². The van der Waals surface area contributed by atoms with Gasteiger partial charge < -0.3 is 10.2 Å². The van der Waals surface area contributed by atoms with Gasteiger partial charge in [0, 0.05) is 37.7 Å². The van der Waals surface area contributed by atoms with Crippen molar-refractivity contribution in [3.63, 3.8) is 0 Å². The van der Waals surface area contributed by atoms with Crippen molar-refractivity contribution in [2.24, 2.45) is 7.05 Å². The maximum absolute atomic E-state index is 12.2. The quantitative estimate of drug-likeness (QED) is 0.919. The molecule has 21 heavy (non-hydrogen) atoms. The van der Waals surface area contributed by atoms with Crippen molar-refractivity contribution in [3.05, 3.63) is 41.7 Å². The monoisotopic (exact) mass is 286 g/mol. The number of hydrogen-bond donors (Lipinski definition) is 1. The second kappa shape index (κ2) is 6.43. The molecule has 0 unspecified atom stereocenters. The van der Waals surface area contributed by atoms with E-state index in [0.717, 1.165) is 24.3 Å². The van der Waals surface area contributed by atoms with Gasteiger partial charge >= 0.3 is 0 Å². The second-order valence-electron chi connectivity index (χ2n) is 4.97. The maximum Gasteiger partial charge on any atom is 0.273 e. The summed E-state index contributed by atoms with van der Waals surface area (Å²) in [6.07, 6.45) is 1.62. The van der Waals surface area contributed by atoms with E-state index in [0.29, 0.717) is 5.69 Å². The second-order valence-corrected chi connectivity index (χ2v) is 4.97. The summed E-state index contributed by atoms with van der Waals surface area (Å²) in [5.41, 5.74) is 3.60. The molecule has 5 heteroatoms. The van der Waals surface area contributed by atoms with Crippen LogP contribution in [0, 0.1) is 6.92 Å². The smallest absolute Gasteiger partial charge is 0.273 e. The summed E-state index contributed by atoms with van der Waals surface area (Å²) in [6, 6.07) is 7.80. The number of amides is 1. The fourth-order valence-electron chi connectivity index (χ4n) is 2.36. The van der Waals surface area contributed by atoms with Crippen LogP contribution in [0.5, 0.6) is 0 Å². The van der Waals surface area contributed by atoms with Crippen LogP contribution >= 0.6 is 0 Å². The highest BCUT2D eigenvalue weighted by atomic mass is 16.2. The minimum atomic E-state index is -0.145. The molecule has 0 aliphatic rings. The molecule has 0 saturated heterocycles. The number of rotatable bonds is 5. The number of aromatic nitrogens is 2. The van der Waals surface area contributed by atoms with E-state index >= 15 is 0 Å². The Labute approximate surface area is 125 Å². The highest BCUT2D eigenvalue weighted by molar-refractivity contribution is 6.03. The third kappa shape index (κ3) is 3.24. The van der Waals surface area contributed by atoms with E-state index in [-0.39, 0.29) is 5.91 Å². The molecule has 0 aliphatic heterocycles. The number of anilines is 2. The van der Waals surface area contributed by atoms with E-state index < -0.39 is 0 Å². The molecule has 112 valence electrons. The molecular formula is C16H22N4O. The molecule has 0 atom stereocenters. The Balaban J connectivity index is 2.18. The Morgan fingerprint density at radius 1 is 1.29 bits per heavy atom. The van der Waals surface area contributed by atoms with Crippen LogP contribution < -0.4 is 10.2 Å². The zero-order valence-corrected chi connectivity index (χ0v) is 13.1. The predicted molar refractivity (Wildman–Crippen MR) is 85.9 cm³/mol. The van der Waals surface area contributed by atoms with Crippen molar-refractivity contribution >= 4 is 17.3 Å². The van der Waals surface area contributed by atoms with Crippen LogP contribution in [0.25, 0.3) is 0 Å². The third-order valence-corrected chi connectivity index (χ3v) is 3.64. The summed E-state index contributed by atoms with van der Waals surface area (Å²) in [5, 5.41) is 6.95. The molecule has 0 fully saturated rings. The summed E-state index contributed by atoms with van der Waals surface area (Å²) in [7, 11) is 1.76. The van der Waals surface area contributed by atoms with E-state index in [1.165, 1.54) is 5.69 Å². The fourth-order valence-corrected chi connectivity index (χ4v) is 2.36. The van der Waals surface area contributed by atoms with Crippen LogP contribution in [0.2, 0.25) is 0 Å². The van der Waals surface area contributed by atoms with Gasteiger partial charge in [-0.05, 0) is 50.6 Å². The van der Waals surface area contributed by atoms with Crippen LogP contribution in [-0.4, -0.2) is 28.8 Å². The van der Waals surface area contributed by atoms with Crippen LogP contribution in [0.3, 0.4) is 0 Å². The van der Waals surface area contributed by atoms with E-state index in [1.54, 1.807) is 24.0 Å². The van der Waals surface area contributed by atoms with E-state index in [4.69, 9.17) is 0 Å². The average Bonchev–Trinajstić information content (AvgIpc) is 2.89. The number of carbonyl (C=O) groups is 1. The lowest BCUT2D eigenvalue weighted by molar-refractivity contribution is 0.101. The first-order chi connectivity index (χ1) is 10.1. The molecule has 1 aromatic heterocycles. The molecule has 0 spiro atoms. The largest absolute Gasteiger partial charge is 0.372 e. The summed E-state index contributed by atoms with van der Waals surface area (Å²) in [5.74, 6) is -0.145. The molecule has 1 heterocycles. The van der Waals surface area contributed by atoms with Crippen molar-refractivity contribution in [3.8, 4) is 0 Å². The highest BCUT2D eigenvalue weighted by Crippen LogP contribution is 2.23. The van der Waals surface area contributed by atoms with Crippen LogP contribution in [0.15, 0.2) is 30.5 Å². The summed E-state index contributed by atoms with van der Waals surface area (Å²) < 4.78 is 1.56. The first kappa shape index (κ1) is 15.1. The number of nitrogens with one attached hydrogen (secondary N) is 1. The molecule has 1 aromatic carbocycles. The van der Waals surface area contributed by atoms with Gasteiger partial charge in [-0.2, -0.15) is 5.10 Å². The minimum Gasteiger partial charge on any atom is -0.372 e. The minimum absolute atomic E-state index is 0.145. The van der Waals surface area contributed by atoms with E-state index in [2.05, 4.69) is 35.2 Å². The topological polar surface area (TPSA) is 50.2 Å². The molecule has 0 bridgehead atoms. The molecule has 0 saturated carbocycles. The van der Waals surface area contributed by atoms with Crippen LogP contribution in [0.4, 0.5) is 11.4 Å². The normalized spacial score (nSPS) is 10.5. The Morgan fingerprint density at radius 3 is 2.52 bits per heavy atom. The van der Waals surface area contributed by atoms with Crippen molar-refractivity contribution < 1.29 is 4.79 Å². The standard InChI is InChI=1S/C16H22N4O/c1-5-20(6-2)13-7-8-14(12(3)11-13)18-16(21)15-9-10-17-19(15)4/h7-11H,5-6H2,1-4H3,(H,18,21). The Bertz CT molecular complexity index is 629. The maximum atomic E-state index is 12.2. The lowest BCUT2D eigenvalue weighted by Gasteiger charge is -2.22. The van der Waals surface area contributed by atoms with Crippen LogP contribution in [-0.2, 0) is 7.05 Å². The van der Waals surface area contributed by atoms with Gasteiger partial charge in [-0.25, -0.2) is 0 Å². The summed E-state index contributed by atoms with van der Waals surface area (Å²) >= 11 is 0. The lowest BCUT2D eigenvalue weighted by atomic mass is 10.1. The summed E-state index contributed by atoms with van der Waals surface area (Å²) in [6.45, 7) is 8.22. The van der Waals surface area contributed by atoms with Crippen molar-refractivity contribution in [1.82, 2.24) is 9.78 Å². The SMILES string of the molecule is CCN(CC)c1ccc(NC(=O)c2ccnn2C)c(C)c1. The van der Waals surface area contributed by atoms with E-state index in [9.17, 15) is 4.79 Å². The molecule has 5 nitrogen and oxygen atoms in total. The van der Waals surface area contributed by atoms with E-state index in [1.807, 2.05) is 19.1 Å². The lowest BCUT2D eigenvalue weighted by Crippen LogP contribution is -2.22. The summed E-state index contributed by atoms with van der Waals surface area (Å²) in [4.78, 5) is 14.5. The Morgan fingerprint density at radius 2 is 2.00 bits per heavy atom. The van der Waals surface area contributed by atoms with Gasteiger partial charge in [0.15, 0.2) is 0 Å². The van der Waals surface area contributed by atoms with Gasteiger partial charge in [0.25, 0.3) is 5.91 Å². The van der Waals surface area contributed by atoms with Gasteiger partial charge in [0.05, 0.1) is 0 Å². The predicted octanol–water partition coefficient (Wildman–Crippen LogP) is 2.83. The van der Waals surface area contributed by atoms with Gasteiger partial charge in [-0.3, -0.25) is 9.48 Å². The zero-order valence-electron chi connectivity index (χ0n) is 13.1. The van der Waals surface area contributed by atoms with Gasteiger partial charge in [0.1, 0.15) is 5.69 Å². The zero-order chi connectivity index (χ0) is 15.4. The average molecular weight is 286 g/mol. The molecule has 1 amide bonds. The van der Waals surface area contributed by atoms with Gasteiger partial charge in [-0.1, -0.05) is 0 Å². The highest BCUT2D eigenvalue weighted by Gasteiger charge is 2.12. The van der Waals surface area contributed by atoms with Gasteiger partial charge in [0.2, 0.25) is 0 Å². The molecule has 1 N–H and O–H groups in total. The number of carbonyl (C=O) groups excluding carboxylic acids is 1. The molecule has 2 aromatic rings. The molecule has 0 radical (unpaired) electrons. The number of benzene rings is 1.